The molecule has 0 spiro atoms. The lowest BCUT2D eigenvalue weighted by Gasteiger charge is -2.27. The summed E-state index contributed by atoms with van der Waals surface area (Å²) in [4.78, 5) is 15.7. The molecule has 4 heterocycles. The zero-order valence-corrected chi connectivity index (χ0v) is 31.2. The van der Waals surface area contributed by atoms with E-state index in [9.17, 15) is 0 Å². The van der Waals surface area contributed by atoms with Gasteiger partial charge in [0, 0.05) is 53.4 Å². The van der Waals surface area contributed by atoms with Crippen LogP contribution in [0.2, 0.25) is 10.0 Å². The Morgan fingerprint density at radius 2 is 1.67 bits per heavy atom. The van der Waals surface area contributed by atoms with Crippen LogP contribution < -0.4 is 5.48 Å². The molecule has 1 aliphatic heterocycles. The second-order valence-corrected chi connectivity index (χ2v) is 14.3. The number of nitrogens with one attached hydrogen (secondary N) is 1. The van der Waals surface area contributed by atoms with Gasteiger partial charge in [-0.25, -0.2) is 4.99 Å². The maximum absolute atomic E-state index is 7.01. The highest BCUT2D eigenvalue weighted by Crippen LogP contribution is 2.41. The molecule has 18 heteroatoms. The topological polar surface area (TPSA) is 143 Å². The lowest BCUT2D eigenvalue weighted by Crippen LogP contribution is -2.37. The Kier molecular flexibility index (Phi) is 11.9. The molecule has 1 unspecified atom stereocenters. The molecule has 258 valence electrons. The predicted octanol–water partition coefficient (Wildman–Crippen LogP) is 6.54. The molecular weight excluding hydrogens is 728 g/mol. The molecule has 13 nitrogen and oxygen atoms in total. The third-order valence-electron chi connectivity index (χ3n) is 7.61. The van der Waals surface area contributed by atoms with Gasteiger partial charge in [-0.2, -0.15) is 16.7 Å². The van der Waals surface area contributed by atoms with Crippen LogP contribution in [0.5, 0.6) is 0 Å². The van der Waals surface area contributed by atoms with Crippen LogP contribution in [0.3, 0.4) is 0 Å². The van der Waals surface area contributed by atoms with Gasteiger partial charge in [-0.1, -0.05) is 76.1 Å². The van der Waals surface area contributed by atoms with Crippen molar-refractivity contribution in [2.45, 2.75) is 60.8 Å². The van der Waals surface area contributed by atoms with Crippen LogP contribution in [0.1, 0.15) is 42.5 Å². The van der Waals surface area contributed by atoms with Crippen LogP contribution in [0, 0.1) is 0 Å². The Bertz CT molecular complexity index is 1930. The van der Waals surface area contributed by atoms with Crippen LogP contribution in [-0.4, -0.2) is 71.3 Å². The van der Waals surface area contributed by atoms with E-state index >= 15 is 0 Å². The van der Waals surface area contributed by atoms with E-state index < -0.39 is 5.66 Å². The zero-order valence-electron chi connectivity index (χ0n) is 27.2. The molecule has 0 bridgehead atoms. The van der Waals surface area contributed by atoms with Crippen LogP contribution in [0.25, 0.3) is 11.4 Å². The van der Waals surface area contributed by atoms with Crippen molar-refractivity contribution >= 4 is 64.4 Å². The van der Waals surface area contributed by atoms with Crippen molar-refractivity contribution in [1.29, 1.82) is 0 Å². The number of methoxy groups -OCH3 is 1. The fraction of sp³-hybridized carbons (Fsp3) is 0.387. The van der Waals surface area contributed by atoms with Crippen molar-refractivity contribution < 1.29 is 14.1 Å². The maximum Gasteiger partial charge on any atom is 0.237 e. The van der Waals surface area contributed by atoms with Gasteiger partial charge in [0.25, 0.3) is 0 Å². The number of hydrogen-bond acceptors (Lipinski definition) is 14. The van der Waals surface area contributed by atoms with Crippen LogP contribution in [0.15, 0.2) is 62.3 Å². The Morgan fingerprint density at radius 3 is 2.39 bits per heavy atom. The highest BCUT2D eigenvalue weighted by Gasteiger charge is 2.42. The number of rotatable bonds is 16. The van der Waals surface area contributed by atoms with E-state index in [0.717, 1.165) is 46.4 Å². The second kappa shape index (κ2) is 16.3. The minimum Gasteiger partial charge on any atom is -0.389 e. The molecule has 6 rings (SSSR count). The van der Waals surface area contributed by atoms with Crippen molar-refractivity contribution in [3.63, 3.8) is 0 Å². The molecule has 0 saturated carbocycles. The van der Waals surface area contributed by atoms with E-state index in [1.807, 2.05) is 36.6 Å². The third kappa shape index (κ3) is 7.80. The van der Waals surface area contributed by atoms with Crippen molar-refractivity contribution in [3.05, 3.63) is 81.2 Å². The lowest BCUT2D eigenvalue weighted by atomic mass is 9.91. The molecule has 5 aromatic rings. The number of ether oxygens (including phenoxy) is 1. The minimum absolute atomic E-state index is 0.407. The van der Waals surface area contributed by atoms with Crippen molar-refractivity contribution in [2.24, 2.45) is 4.99 Å². The van der Waals surface area contributed by atoms with Gasteiger partial charge in [0.1, 0.15) is 11.6 Å². The average molecular weight is 762 g/mol. The summed E-state index contributed by atoms with van der Waals surface area (Å²) in [5.41, 5.74) is 4.09. The zero-order chi connectivity index (χ0) is 34.4. The molecule has 3 aromatic heterocycles. The number of hydroxylamine groups is 1. The smallest absolute Gasteiger partial charge is 0.237 e. The summed E-state index contributed by atoms with van der Waals surface area (Å²) in [5.74, 6) is 4.82. The van der Waals surface area contributed by atoms with Gasteiger partial charge in [0.05, 0.1) is 23.9 Å². The summed E-state index contributed by atoms with van der Waals surface area (Å²) in [7, 11) is 1.67. The Labute approximate surface area is 306 Å². The maximum atomic E-state index is 7.01. The molecule has 0 fully saturated rings. The summed E-state index contributed by atoms with van der Waals surface area (Å²) in [6, 6.07) is 13.0. The number of thioether (sulfide) groups is 3. The number of aromatic nitrogens is 8. The Balaban J connectivity index is 1.23. The first-order valence-electron chi connectivity index (χ1n) is 15.4. The van der Waals surface area contributed by atoms with Gasteiger partial charge >= 0.3 is 0 Å². The van der Waals surface area contributed by atoms with Gasteiger partial charge in [-0.15, -0.1) is 25.9 Å². The molecule has 1 N–H and O–H groups in total. The van der Waals surface area contributed by atoms with E-state index in [0.29, 0.717) is 63.3 Å². The number of aliphatic imine (C=N–C) groups is 1. The second-order valence-electron chi connectivity index (χ2n) is 10.7. The Morgan fingerprint density at radius 1 is 0.918 bits per heavy atom. The molecule has 1 atom stereocenters. The van der Waals surface area contributed by atoms with Crippen LogP contribution in [0.4, 0.5) is 0 Å². The number of halogens is 2. The van der Waals surface area contributed by atoms with Crippen molar-refractivity contribution in [2.75, 3.05) is 25.7 Å². The summed E-state index contributed by atoms with van der Waals surface area (Å²) >= 11 is 18.2. The first kappa shape index (κ1) is 35.7. The number of nitrogens with zero attached hydrogens (tertiary/aromatic N) is 9. The molecule has 1 aliphatic rings. The standard InChI is InChI=1S/C31H34Cl2N10O3S3/c1-5-42-24(12-13-44-3)36-38-29(42)49-18-27-35-31(41-46-27,20-8-7-9-21(32)15-20)22-11-10-19(14-23(22)33)28-34-26(45-40-28)17-48-30-39-37-25(16-47-4)43(30)6-2/h7-11,14-15,41H,5-6,12-13,16-18H2,1-4H3. The summed E-state index contributed by atoms with van der Waals surface area (Å²) in [6.45, 7) is 6.22. The Hall–Kier alpha value is -3.12. The van der Waals surface area contributed by atoms with Gasteiger partial charge in [-0.05, 0) is 38.3 Å². The first-order valence-corrected chi connectivity index (χ1v) is 19.5. The number of hydrogen-bond donors (Lipinski definition) is 1. The normalized spacial score (nSPS) is 15.9. The van der Waals surface area contributed by atoms with Crippen LogP contribution >= 0.6 is 58.5 Å². The summed E-state index contributed by atoms with van der Waals surface area (Å²) in [6.07, 6.45) is 2.72. The average Bonchev–Trinajstić information content (AvgIpc) is 3.91. The largest absolute Gasteiger partial charge is 0.389 e. The third-order valence-corrected chi connectivity index (χ3v) is 10.6. The predicted molar refractivity (Wildman–Crippen MR) is 193 cm³/mol. The SMILES string of the molecule is CCn1c(CCOC)nnc1SCC1=NC(c2cccc(Cl)c2)(c2ccc(-c3noc(CSc4nnc(CSC)n4CC)n3)cc2Cl)NO1. The molecule has 0 radical (unpaired) electrons. The van der Waals surface area contributed by atoms with E-state index in [1.54, 1.807) is 31.0 Å². The first-order chi connectivity index (χ1) is 23.9. The molecule has 0 amide bonds. The van der Waals surface area contributed by atoms with E-state index in [1.165, 1.54) is 23.5 Å². The van der Waals surface area contributed by atoms with Gasteiger partial charge in [-0.3, -0.25) is 0 Å². The van der Waals surface area contributed by atoms with Gasteiger partial charge < -0.3 is 23.2 Å². The fourth-order valence-corrected chi connectivity index (χ4v) is 7.97. The monoisotopic (exact) mass is 760 g/mol. The molecular formula is C31H34Cl2N10O3S3. The fourth-order valence-electron chi connectivity index (χ4n) is 5.27. The van der Waals surface area contributed by atoms with E-state index in [-0.39, 0.29) is 0 Å². The molecule has 0 aliphatic carbocycles. The van der Waals surface area contributed by atoms with E-state index in [4.69, 9.17) is 42.3 Å². The highest BCUT2D eigenvalue weighted by molar-refractivity contribution is 7.99. The van der Waals surface area contributed by atoms with Crippen molar-refractivity contribution in [3.8, 4) is 11.4 Å². The van der Waals surface area contributed by atoms with Crippen LogP contribution in [-0.2, 0) is 46.3 Å². The molecule has 0 saturated heterocycles. The molecule has 2 aromatic carbocycles. The van der Waals surface area contributed by atoms with Gasteiger partial charge in [0.15, 0.2) is 16.0 Å². The van der Waals surface area contributed by atoms with Gasteiger partial charge in [0.2, 0.25) is 17.6 Å². The summed E-state index contributed by atoms with van der Waals surface area (Å²) in [5, 5.41) is 24.2. The lowest BCUT2D eigenvalue weighted by molar-refractivity contribution is 0.140. The van der Waals surface area contributed by atoms with Crippen molar-refractivity contribution in [1.82, 2.24) is 45.1 Å². The van der Waals surface area contributed by atoms with E-state index in [2.05, 4.69) is 59.0 Å². The summed E-state index contributed by atoms with van der Waals surface area (Å²) < 4.78 is 15.0. The number of benzene rings is 2. The minimum atomic E-state index is -1.16. The molecule has 49 heavy (non-hydrogen) atoms. The highest BCUT2D eigenvalue weighted by atomic mass is 35.5. The quantitative estimate of drug-likeness (QED) is 0.109.